The van der Waals surface area contributed by atoms with Crippen molar-refractivity contribution in [3.8, 4) is 0 Å². The van der Waals surface area contributed by atoms with E-state index in [1.807, 2.05) is 0 Å². The molecule has 0 aromatic rings. The second-order valence-electron chi connectivity index (χ2n) is 5.35. The van der Waals surface area contributed by atoms with Crippen molar-refractivity contribution in [1.29, 1.82) is 0 Å². The van der Waals surface area contributed by atoms with Gasteiger partial charge in [0.2, 0.25) is 0 Å². The van der Waals surface area contributed by atoms with Crippen LogP contribution < -0.4 is 5.32 Å². The lowest BCUT2D eigenvalue weighted by molar-refractivity contribution is 0.151. The van der Waals surface area contributed by atoms with Crippen molar-refractivity contribution in [2.45, 2.75) is 38.1 Å². The molecule has 1 aliphatic heterocycles. The maximum atomic E-state index is 5.79. The van der Waals surface area contributed by atoms with Crippen LogP contribution >= 0.6 is 0 Å². The minimum atomic E-state index is 0.498. The average molecular weight is 207 g/mol. The van der Waals surface area contributed by atoms with Crippen molar-refractivity contribution >= 4 is 0 Å². The van der Waals surface area contributed by atoms with E-state index < -0.39 is 0 Å². The van der Waals surface area contributed by atoms with Gasteiger partial charge in [0.1, 0.15) is 5.76 Å². The Bertz CT molecular complexity index is 264. The molecule has 2 aliphatic carbocycles. The van der Waals surface area contributed by atoms with Crippen LogP contribution in [0, 0.1) is 17.8 Å². The number of likely N-dealkylation sites (N-methyl/N-ethyl adjacent to an activating group) is 1. The fourth-order valence-electron chi connectivity index (χ4n) is 3.44. The molecule has 3 rings (SSSR count). The molecule has 3 aliphatic rings. The Kier molecular flexibility index (Phi) is 2.47. The second kappa shape index (κ2) is 3.82. The summed E-state index contributed by atoms with van der Waals surface area (Å²) in [6.45, 7) is 0.920. The van der Waals surface area contributed by atoms with Crippen LogP contribution in [0.25, 0.3) is 0 Å². The van der Waals surface area contributed by atoms with Crippen LogP contribution in [0.4, 0.5) is 0 Å². The molecular formula is C13H21NO. The number of fused-ring (bicyclic) bond motifs is 1. The molecule has 0 saturated heterocycles. The Balaban J connectivity index is 1.67. The summed E-state index contributed by atoms with van der Waals surface area (Å²) in [5.74, 6) is 4.20. The van der Waals surface area contributed by atoms with Crippen molar-refractivity contribution in [1.82, 2.24) is 5.32 Å². The van der Waals surface area contributed by atoms with Gasteiger partial charge in [-0.15, -0.1) is 0 Å². The molecule has 84 valence electrons. The Morgan fingerprint density at radius 2 is 2.13 bits per heavy atom. The molecule has 1 N–H and O–H groups in total. The molecule has 3 unspecified atom stereocenters. The van der Waals surface area contributed by atoms with Crippen LogP contribution in [0.3, 0.4) is 0 Å². The SMILES string of the molecule is CNC(C1=CCCCO1)C1CC2CC2C1. The van der Waals surface area contributed by atoms with E-state index in [1.54, 1.807) is 0 Å². The molecule has 2 fully saturated rings. The summed E-state index contributed by atoms with van der Waals surface area (Å²) in [6, 6.07) is 0.498. The monoisotopic (exact) mass is 207 g/mol. The molecular weight excluding hydrogens is 186 g/mol. The summed E-state index contributed by atoms with van der Waals surface area (Å²) in [6.07, 6.45) is 9.05. The third-order valence-corrected chi connectivity index (χ3v) is 4.33. The predicted octanol–water partition coefficient (Wildman–Crippen LogP) is 2.31. The summed E-state index contributed by atoms with van der Waals surface area (Å²) < 4.78 is 5.79. The number of rotatable bonds is 3. The standard InChI is InChI=1S/C13H21NO/c1-14-13(12-4-2-3-5-15-12)11-7-9-6-10(9)8-11/h4,9-11,13-14H,2-3,5-8H2,1H3. The first-order valence-corrected chi connectivity index (χ1v) is 6.38. The molecule has 0 radical (unpaired) electrons. The zero-order chi connectivity index (χ0) is 10.3. The van der Waals surface area contributed by atoms with Crippen molar-refractivity contribution in [3.05, 3.63) is 11.8 Å². The van der Waals surface area contributed by atoms with Crippen molar-refractivity contribution in [2.24, 2.45) is 17.8 Å². The first kappa shape index (κ1) is 9.71. The molecule has 0 aromatic heterocycles. The van der Waals surface area contributed by atoms with Gasteiger partial charge < -0.3 is 10.1 Å². The van der Waals surface area contributed by atoms with Crippen molar-refractivity contribution < 1.29 is 4.74 Å². The fraction of sp³-hybridized carbons (Fsp3) is 0.846. The zero-order valence-corrected chi connectivity index (χ0v) is 9.54. The fourth-order valence-corrected chi connectivity index (χ4v) is 3.44. The molecule has 2 saturated carbocycles. The number of hydrogen-bond donors (Lipinski definition) is 1. The summed E-state index contributed by atoms with van der Waals surface area (Å²) in [4.78, 5) is 0. The number of nitrogens with one attached hydrogen (secondary N) is 1. The third kappa shape index (κ3) is 1.80. The summed E-state index contributed by atoms with van der Waals surface area (Å²) >= 11 is 0. The summed E-state index contributed by atoms with van der Waals surface area (Å²) in [5, 5.41) is 3.46. The molecule has 1 heterocycles. The van der Waals surface area contributed by atoms with Crippen LogP contribution in [-0.2, 0) is 4.74 Å². The van der Waals surface area contributed by atoms with Crippen molar-refractivity contribution in [2.75, 3.05) is 13.7 Å². The van der Waals surface area contributed by atoms with E-state index in [9.17, 15) is 0 Å². The molecule has 0 amide bonds. The van der Waals surface area contributed by atoms with Gasteiger partial charge >= 0.3 is 0 Å². The molecule has 0 bridgehead atoms. The lowest BCUT2D eigenvalue weighted by Crippen LogP contribution is -2.36. The maximum absolute atomic E-state index is 5.79. The Labute approximate surface area is 92.1 Å². The van der Waals surface area contributed by atoms with Crippen molar-refractivity contribution in [3.63, 3.8) is 0 Å². The Hall–Kier alpha value is -0.500. The molecule has 3 atom stereocenters. The number of ether oxygens (including phenoxy) is 1. The summed E-state index contributed by atoms with van der Waals surface area (Å²) in [5.41, 5.74) is 0. The highest BCUT2D eigenvalue weighted by molar-refractivity contribution is 5.11. The normalized spacial score (nSPS) is 40.3. The van der Waals surface area contributed by atoms with E-state index in [-0.39, 0.29) is 0 Å². The minimum Gasteiger partial charge on any atom is -0.497 e. The predicted molar refractivity (Wildman–Crippen MR) is 60.4 cm³/mol. The molecule has 15 heavy (non-hydrogen) atoms. The minimum absolute atomic E-state index is 0.498. The largest absolute Gasteiger partial charge is 0.497 e. The lowest BCUT2D eigenvalue weighted by Gasteiger charge is -2.28. The van der Waals surface area contributed by atoms with E-state index in [2.05, 4.69) is 18.4 Å². The number of allylic oxidation sites excluding steroid dienone is 1. The lowest BCUT2D eigenvalue weighted by atomic mass is 9.92. The number of hydrogen-bond acceptors (Lipinski definition) is 2. The van der Waals surface area contributed by atoms with Gasteiger partial charge in [-0.1, -0.05) is 0 Å². The van der Waals surface area contributed by atoms with E-state index in [1.165, 1.54) is 37.9 Å². The van der Waals surface area contributed by atoms with E-state index in [0.29, 0.717) is 6.04 Å². The first-order valence-electron chi connectivity index (χ1n) is 6.38. The van der Waals surface area contributed by atoms with E-state index >= 15 is 0 Å². The molecule has 0 spiro atoms. The van der Waals surface area contributed by atoms with Crippen LogP contribution in [0.5, 0.6) is 0 Å². The summed E-state index contributed by atoms with van der Waals surface area (Å²) in [7, 11) is 2.08. The van der Waals surface area contributed by atoms with Gasteiger partial charge in [0, 0.05) is 0 Å². The topological polar surface area (TPSA) is 21.3 Å². The van der Waals surface area contributed by atoms with Gasteiger partial charge in [-0.05, 0) is 63.0 Å². The molecule has 2 heteroatoms. The van der Waals surface area contributed by atoms with E-state index in [4.69, 9.17) is 4.74 Å². The van der Waals surface area contributed by atoms with Crippen LogP contribution in [0.1, 0.15) is 32.1 Å². The molecule has 2 nitrogen and oxygen atoms in total. The van der Waals surface area contributed by atoms with E-state index in [0.717, 1.165) is 24.4 Å². The Morgan fingerprint density at radius 1 is 1.33 bits per heavy atom. The van der Waals surface area contributed by atoms with Gasteiger partial charge in [0.25, 0.3) is 0 Å². The van der Waals surface area contributed by atoms with Crippen LogP contribution in [-0.4, -0.2) is 19.7 Å². The van der Waals surface area contributed by atoms with Gasteiger partial charge in [0.15, 0.2) is 0 Å². The van der Waals surface area contributed by atoms with Crippen LogP contribution in [0.15, 0.2) is 11.8 Å². The van der Waals surface area contributed by atoms with Gasteiger partial charge in [-0.3, -0.25) is 0 Å². The highest BCUT2D eigenvalue weighted by Crippen LogP contribution is 2.55. The highest BCUT2D eigenvalue weighted by Gasteiger charge is 2.48. The third-order valence-electron chi connectivity index (χ3n) is 4.33. The van der Waals surface area contributed by atoms with Gasteiger partial charge in [0.05, 0.1) is 12.6 Å². The van der Waals surface area contributed by atoms with Gasteiger partial charge in [-0.2, -0.15) is 0 Å². The average Bonchev–Trinajstić information content (AvgIpc) is 2.89. The Morgan fingerprint density at radius 3 is 2.73 bits per heavy atom. The molecule has 0 aromatic carbocycles. The first-order chi connectivity index (χ1) is 7.38. The smallest absolute Gasteiger partial charge is 0.109 e. The highest BCUT2D eigenvalue weighted by atomic mass is 16.5. The zero-order valence-electron chi connectivity index (χ0n) is 9.54. The quantitative estimate of drug-likeness (QED) is 0.767. The second-order valence-corrected chi connectivity index (χ2v) is 5.35. The van der Waals surface area contributed by atoms with Gasteiger partial charge in [-0.25, -0.2) is 0 Å². The van der Waals surface area contributed by atoms with Crippen LogP contribution in [0.2, 0.25) is 0 Å². The maximum Gasteiger partial charge on any atom is 0.109 e.